The van der Waals surface area contributed by atoms with Crippen LogP contribution in [0.25, 0.3) is 111 Å². The minimum absolute atomic E-state index is 0.0691. The van der Waals surface area contributed by atoms with Crippen LogP contribution in [0.1, 0.15) is 34.6 Å². The second kappa shape index (κ2) is 24.7. The molecule has 0 saturated heterocycles. The van der Waals surface area contributed by atoms with E-state index in [1.165, 1.54) is 24.3 Å². The number of rotatable bonds is 17. The van der Waals surface area contributed by atoms with Gasteiger partial charge in [0.1, 0.15) is 23.0 Å². The predicted octanol–water partition coefficient (Wildman–Crippen LogP) is 12.3. The monoisotopic (exact) mass is 1170 g/mol. The first kappa shape index (κ1) is 58.5. The number of nitrogens with one attached hydrogen (secondary N) is 8. The number of benzene rings is 4. The van der Waals surface area contributed by atoms with Crippen LogP contribution < -0.4 is 21.3 Å². The molecular weight excluding hydrogens is 1100 g/mol. The third kappa shape index (κ3) is 13.3. The van der Waals surface area contributed by atoms with Crippen molar-refractivity contribution >= 4 is 78.4 Å². The second-order valence-electron chi connectivity index (χ2n) is 23.2. The first-order valence-corrected chi connectivity index (χ1v) is 28.4. The summed E-state index contributed by atoms with van der Waals surface area (Å²) in [5, 5.41) is 29.5. The summed E-state index contributed by atoms with van der Waals surface area (Å²) in [4.78, 5) is 62.8. The lowest BCUT2D eigenvalue weighted by Gasteiger charge is -2.17. The number of amides is 2. The van der Waals surface area contributed by atoms with Crippen LogP contribution in [0.15, 0.2) is 135 Å². The number of carbonyl (C=O) groups excluding carboxylic acids is 2. The molecule has 20 nitrogen and oxygen atoms in total. The molecule has 12 rings (SSSR count). The number of hydrogen-bond acceptors (Lipinski definition) is 14. The fraction of sp³-hybridized carbons (Fsp3) is 0.231. The van der Waals surface area contributed by atoms with Gasteiger partial charge in [-0.2, -0.15) is 10.2 Å². The topological polar surface area (TPSA) is 255 Å². The summed E-state index contributed by atoms with van der Waals surface area (Å²) < 4.78 is 29.3. The van der Waals surface area contributed by atoms with Crippen molar-refractivity contribution in [2.24, 2.45) is 11.3 Å². The zero-order valence-electron chi connectivity index (χ0n) is 49.7. The Bertz CT molecular complexity index is 4500. The zero-order chi connectivity index (χ0) is 61.1. The molecule has 12 aromatic rings. The van der Waals surface area contributed by atoms with Crippen LogP contribution in [0.4, 0.5) is 31.5 Å². The van der Waals surface area contributed by atoms with E-state index < -0.39 is 5.41 Å². The molecule has 0 aliphatic carbocycles. The van der Waals surface area contributed by atoms with Crippen molar-refractivity contribution in [2.75, 3.05) is 75.6 Å². The molecule has 0 bridgehead atoms. The molecule has 2 amide bonds. The van der Waals surface area contributed by atoms with Crippen molar-refractivity contribution in [3.63, 3.8) is 0 Å². The molecule has 8 N–H and O–H groups in total. The number of pyridine rings is 4. The molecule has 0 saturated carbocycles. The number of hydrogen-bond donors (Lipinski definition) is 8. The molecule has 0 atom stereocenters. The maximum Gasteiger partial charge on any atom is 0.229 e. The van der Waals surface area contributed by atoms with E-state index >= 15 is 0 Å². The number of halogens is 2. The fourth-order valence-electron chi connectivity index (χ4n) is 9.74. The normalized spacial score (nSPS) is 11.7. The first-order chi connectivity index (χ1) is 41.8. The maximum absolute atomic E-state index is 14.7. The summed E-state index contributed by atoms with van der Waals surface area (Å²) in [6.07, 6.45) is 13.6. The highest BCUT2D eigenvalue weighted by molar-refractivity contribution is 6.01. The second-order valence-corrected chi connectivity index (χ2v) is 23.2. The Morgan fingerprint density at radius 3 is 1.38 bits per heavy atom. The van der Waals surface area contributed by atoms with Crippen LogP contribution in [-0.2, 0) is 9.59 Å². The average molecular weight is 1170 g/mol. The van der Waals surface area contributed by atoms with Crippen molar-refractivity contribution < 1.29 is 18.4 Å². The number of H-pyrrole nitrogens is 4. The number of imidazole rings is 2. The largest absolute Gasteiger partial charge is 0.384 e. The van der Waals surface area contributed by atoms with Crippen LogP contribution in [0, 0.1) is 23.0 Å². The van der Waals surface area contributed by atoms with Gasteiger partial charge in [0.25, 0.3) is 0 Å². The Balaban J connectivity index is 0.000000180. The van der Waals surface area contributed by atoms with Crippen LogP contribution in [0.3, 0.4) is 0 Å². The van der Waals surface area contributed by atoms with Crippen molar-refractivity contribution in [3.8, 4) is 67.5 Å². The Labute approximate surface area is 500 Å². The fourth-order valence-corrected chi connectivity index (χ4v) is 9.74. The molecule has 0 fully saturated rings. The van der Waals surface area contributed by atoms with E-state index in [1.54, 1.807) is 49.6 Å². The minimum atomic E-state index is -0.525. The maximum atomic E-state index is 14.7. The summed E-state index contributed by atoms with van der Waals surface area (Å²) in [6, 6.07) is 25.5. The molecule has 8 heterocycles. The van der Waals surface area contributed by atoms with E-state index in [0.29, 0.717) is 103 Å². The molecule has 0 unspecified atom stereocenters. The number of aromatic amines is 4. The molecule has 22 heteroatoms. The summed E-state index contributed by atoms with van der Waals surface area (Å²) in [6.45, 7) is 12.3. The van der Waals surface area contributed by atoms with E-state index in [2.05, 4.69) is 81.4 Å². The molecule has 0 aliphatic rings. The molecule has 8 aromatic heterocycles. The van der Waals surface area contributed by atoms with Crippen LogP contribution in [0.2, 0.25) is 0 Å². The van der Waals surface area contributed by atoms with E-state index in [9.17, 15) is 18.4 Å². The molecule has 0 radical (unpaired) electrons. The summed E-state index contributed by atoms with van der Waals surface area (Å²) >= 11 is 0. The third-order valence-electron chi connectivity index (χ3n) is 14.4. The number of fused-ring (bicyclic) bond motifs is 4. The highest BCUT2D eigenvalue weighted by atomic mass is 19.1. The van der Waals surface area contributed by atoms with Crippen LogP contribution in [0.5, 0.6) is 0 Å². The van der Waals surface area contributed by atoms with E-state index in [0.717, 1.165) is 57.1 Å². The van der Waals surface area contributed by atoms with Gasteiger partial charge in [0.2, 0.25) is 11.8 Å². The Morgan fingerprint density at radius 2 is 0.943 bits per heavy atom. The van der Waals surface area contributed by atoms with Gasteiger partial charge in [-0.1, -0.05) is 46.8 Å². The predicted molar refractivity (Wildman–Crippen MR) is 341 cm³/mol. The molecule has 0 aliphatic heterocycles. The van der Waals surface area contributed by atoms with Gasteiger partial charge in [0.05, 0.1) is 69.3 Å². The highest BCUT2D eigenvalue weighted by Gasteiger charge is 2.23. The van der Waals surface area contributed by atoms with Gasteiger partial charge in [-0.15, -0.1) is 0 Å². The van der Waals surface area contributed by atoms with Gasteiger partial charge in [-0.3, -0.25) is 39.7 Å². The third-order valence-corrected chi connectivity index (χ3v) is 14.4. The molecule has 4 aromatic carbocycles. The van der Waals surface area contributed by atoms with Crippen molar-refractivity contribution in [1.82, 2.24) is 70.1 Å². The van der Waals surface area contributed by atoms with Gasteiger partial charge >= 0.3 is 0 Å². The zero-order valence-corrected chi connectivity index (χ0v) is 49.7. The number of nitrogens with zero attached hydrogens (tertiary/aromatic N) is 10. The van der Waals surface area contributed by atoms with Gasteiger partial charge in [-0.25, -0.2) is 18.7 Å². The van der Waals surface area contributed by atoms with Crippen molar-refractivity contribution in [2.45, 2.75) is 34.6 Å². The van der Waals surface area contributed by atoms with Crippen molar-refractivity contribution in [1.29, 1.82) is 0 Å². The molecule has 87 heavy (non-hydrogen) atoms. The highest BCUT2D eigenvalue weighted by Crippen LogP contribution is 2.37. The number of aromatic nitrogens is 12. The van der Waals surface area contributed by atoms with Crippen molar-refractivity contribution in [3.05, 3.63) is 146 Å². The van der Waals surface area contributed by atoms with Gasteiger partial charge in [0.15, 0.2) is 11.6 Å². The quantitative estimate of drug-likeness (QED) is 0.0422. The first-order valence-electron chi connectivity index (χ1n) is 28.4. The van der Waals surface area contributed by atoms with Crippen LogP contribution >= 0.6 is 0 Å². The van der Waals surface area contributed by atoms with E-state index in [4.69, 9.17) is 9.97 Å². The standard InChI is InChI=1S/C33H34FN9O.C32H32FN9O/c1-33(2,3)32(44)38-24-12-21(15-35-16-24)19-6-7-27-25(13-19)30(42-41-27)31-39-28-18-36-17-26(29(28)40-31)20-10-22(34)14-23(11-20)37-8-9-43(4)5;1-18(2)32(43)37-24-11-21(14-34-15-24)19-5-6-27-25(12-19)30(41-40-27)31-38-28-17-35-16-26(29(28)39-31)20-9-22(33)13-23(10-20)36-7-8-42(3)4/h6-7,10-18,37H,8-9H2,1-5H3,(H,38,44)(H,39,40)(H,41,42);5-6,9-18,36H,7-8H2,1-4H3,(H,37,43)(H,38,39)(H,40,41). The SMILES string of the molecule is CC(C)C(=O)Nc1cncc(-c2ccc3[nH]nc(-c4nc5c(-c6cc(F)cc(NCCN(C)C)c6)cncc5[nH]4)c3c2)c1.CN(C)CCNc1cc(F)cc(-c2cncc3[nH]c(-c4n[nH]c5ccc(-c6cncc(NC(=O)C(C)(C)C)c6)cc45)nc23)c1. The van der Waals surface area contributed by atoms with E-state index in [1.807, 2.05) is 123 Å². The Kier molecular flexibility index (Phi) is 16.6. The number of likely N-dealkylation sites (N-methyl/N-ethyl adjacent to an activating group) is 2. The molecule has 0 spiro atoms. The summed E-state index contributed by atoms with van der Waals surface area (Å²) in [5.74, 6) is 0.141. The Hall–Kier alpha value is -10.3. The lowest BCUT2D eigenvalue weighted by Crippen LogP contribution is -2.27. The van der Waals surface area contributed by atoms with Crippen LogP contribution in [-0.4, -0.2) is 136 Å². The summed E-state index contributed by atoms with van der Waals surface area (Å²) in [7, 11) is 7.98. The smallest absolute Gasteiger partial charge is 0.229 e. The number of carbonyl (C=O) groups is 2. The lowest BCUT2D eigenvalue weighted by atomic mass is 9.95. The lowest BCUT2D eigenvalue weighted by molar-refractivity contribution is -0.123. The van der Waals surface area contributed by atoms with Gasteiger partial charge < -0.3 is 41.0 Å². The van der Waals surface area contributed by atoms with Gasteiger partial charge in [0, 0.05) is 107 Å². The van der Waals surface area contributed by atoms with Gasteiger partial charge in [-0.05, 0) is 123 Å². The minimum Gasteiger partial charge on any atom is -0.384 e. The molecular formula is C65H66F2N18O2. The van der Waals surface area contributed by atoms with E-state index in [-0.39, 0.29) is 29.4 Å². The number of anilines is 4. The molecule has 442 valence electrons. The Morgan fingerprint density at radius 1 is 0.506 bits per heavy atom. The average Bonchev–Trinajstić information content (AvgIpc) is 2.84. The summed E-state index contributed by atoms with van der Waals surface area (Å²) in [5.41, 5.74) is 14.1.